The molecule has 3 N–H and O–H groups in total. The quantitative estimate of drug-likeness (QED) is 0.629. The third kappa shape index (κ3) is 1.10. The van der Waals surface area contributed by atoms with Crippen LogP contribution in [0, 0.1) is 0 Å². The van der Waals surface area contributed by atoms with Crippen LogP contribution in [0.5, 0.6) is 0 Å². The Labute approximate surface area is 66.8 Å². The predicted molar refractivity (Wildman–Crippen MR) is 41.5 cm³/mol. The SMILES string of the molecule is Nc1c(Cl)c[nH]c(=O)c1Cl. The van der Waals surface area contributed by atoms with Gasteiger partial charge in [-0.2, -0.15) is 0 Å². The molecule has 1 aromatic rings. The van der Waals surface area contributed by atoms with Crippen molar-refractivity contribution in [3.05, 3.63) is 26.6 Å². The van der Waals surface area contributed by atoms with Crippen LogP contribution in [0.4, 0.5) is 5.69 Å². The Kier molecular flexibility index (Phi) is 1.87. The van der Waals surface area contributed by atoms with Gasteiger partial charge in [-0.3, -0.25) is 4.79 Å². The molecule has 0 aliphatic heterocycles. The van der Waals surface area contributed by atoms with E-state index in [-0.39, 0.29) is 15.7 Å². The fourth-order valence-electron chi connectivity index (χ4n) is 0.497. The lowest BCUT2D eigenvalue weighted by atomic mass is 10.4. The molecule has 0 unspecified atom stereocenters. The Hall–Kier alpha value is -0.670. The van der Waals surface area contributed by atoms with Gasteiger partial charge in [0.15, 0.2) is 0 Å². The molecule has 1 rings (SSSR count). The number of hydrogen-bond acceptors (Lipinski definition) is 2. The average Bonchev–Trinajstić information content (AvgIpc) is 1.93. The molecule has 1 aromatic heterocycles. The Morgan fingerprint density at radius 3 is 2.60 bits per heavy atom. The zero-order valence-corrected chi connectivity index (χ0v) is 6.33. The van der Waals surface area contributed by atoms with Gasteiger partial charge >= 0.3 is 0 Å². The first-order valence-electron chi connectivity index (χ1n) is 2.45. The normalized spacial score (nSPS) is 9.80. The summed E-state index contributed by atoms with van der Waals surface area (Å²) < 4.78 is 0. The summed E-state index contributed by atoms with van der Waals surface area (Å²) in [4.78, 5) is 13.0. The maximum atomic E-state index is 10.7. The van der Waals surface area contributed by atoms with Crippen LogP contribution in [0.25, 0.3) is 0 Å². The Morgan fingerprint density at radius 1 is 1.50 bits per heavy atom. The molecule has 0 saturated heterocycles. The number of aromatic amines is 1. The number of halogens is 2. The van der Waals surface area contributed by atoms with Gasteiger partial charge in [-0.15, -0.1) is 0 Å². The first kappa shape index (κ1) is 7.44. The van der Waals surface area contributed by atoms with E-state index in [9.17, 15) is 4.79 Å². The van der Waals surface area contributed by atoms with Crippen molar-refractivity contribution in [2.24, 2.45) is 0 Å². The van der Waals surface area contributed by atoms with Gasteiger partial charge in [0.05, 0.1) is 10.7 Å². The van der Waals surface area contributed by atoms with E-state index in [0.717, 1.165) is 0 Å². The lowest BCUT2D eigenvalue weighted by molar-refractivity contribution is 1.24. The van der Waals surface area contributed by atoms with Crippen molar-refractivity contribution in [1.29, 1.82) is 0 Å². The largest absolute Gasteiger partial charge is 0.396 e. The van der Waals surface area contributed by atoms with E-state index in [4.69, 9.17) is 28.9 Å². The number of anilines is 1. The lowest BCUT2D eigenvalue weighted by Crippen LogP contribution is -2.07. The zero-order valence-electron chi connectivity index (χ0n) is 4.82. The van der Waals surface area contributed by atoms with Crippen LogP contribution in [0.15, 0.2) is 11.0 Å². The summed E-state index contributed by atoms with van der Waals surface area (Å²) in [7, 11) is 0. The molecule has 0 aliphatic carbocycles. The number of nitrogens with two attached hydrogens (primary N) is 1. The number of rotatable bonds is 0. The molecular formula is C5H4Cl2N2O. The maximum Gasteiger partial charge on any atom is 0.268 e. The standard InChI is InChI=1S/C5H4Cl2N2O/c6-2-1-9-5(10)3(7)4(2)8/h1H,(H3,8,9,10). The molecule has 0 radical (unpaired) electrons. The van der Waals surface area contributed by atoms with E-state index in [0.29, 0.717) is 0 Å². The molecule has 0 fully saturated rings. The van der Waals surface area contributed by atoms with Crippen LogP contribution >= 0.6 is 23.2 Å². The van der Waals surface area contributed by atoms with Crippen LogP contribution in [0.3, 0.4) is 0 Å². The molecule has 5 heteroatoms. The van der Waals surface area contributed by atoms with E-state index in [1.54, 1.807) is 0 Å². The lowest BCUT2D eigenvalue weighted by Gasteiger charge is -1.96. The third-order valence-electron chi connectivity index (χ3n) is 1.02. The second kappa shape index (κ2) is 2.52. The second-order valence-electron chi connectivity index (χ2n) is 1.69. The molecule has 0 spiro atoms. The van der Waals surface area contributed by atoms with Gasteiger partial charge in [0.25, 0.3) is 5.56 Å². The van der Waals surface area contributed by atoms with Gasteiger partial charge in [-0.05, 0) is 0 Å². The van der Waals surface area contributed by atoms with Gasteiger partial charge in [-0.1, -0.05) is 23.2 Å². The minimum Gasteiger partial charge on any atom is -0.396 e. The van der Waals surface area contributed by atoms with Crippen LogP contribution in [0.1, 0.15) is 0 Å². The van der Waals surface area contributed by atoms with E-state index in [1.165, 1.54) is 6.20 Å². The van der Waals surface area contributed by atoms with Gasteiger partial charge in [0.2, 0.25) is 0 Å². The molecule has 54 valence electrons. The molecular weight excluding hydrogens is 175 g/mol. The van der Waals surface area contributed by atoms with Gasteiger partial charge in [0.1, 0.15) is 5.02 Å². The second-order valence-corrected chi connectivity index (χ2v) is 2.48. The number of pyridine rings is 1. The van der Waals surface area contributed by atoms with Crippen LogP contribution in [-0.2, 0) is 0 Å². The van der Waals surface area contributed by atoms with Crippen LogP contribution in [-0.4, -0.2) is 4.98 Å². The minimum absolute atomic E-state index is 0.0625. The van der Waals surface area contributed by atoms with Crippen molar-refractivity contribution in [2.75, 3.05) is 5.73 Å². The summed E-state index contributed by atoms with van der Waals surface area (Å²) >= 11 is 10.9. The number of nitrogen functional groups attached to an aromatic ring is 1. The summed E-state index contributed by atoms with van der Waals surface area (Å²) in [6.45, 7) is 0. The van der Waals surface area contributed by atoms with E-state index < -0.39 is 5.56 Å². The topological polar surface area (TPSA) is 58.9 Å². The number of nitrogens with one attached hydrogen (secondary N) is 1. The van der Waals surface area contributed by atoms with Crippen molar-refractivity contribution >= 4 is 28.9 Å². The third-order valence-corrected chi connectivity index (χ3v) is 1.71. The first-order valence-corrected chi connectivity index (χ1v) is 3.20. The fourth-order valence-corrected chi connectivity index (χ4v) is 0.851. The maximum absolute atomic E-state index is 10.7. The summed E-state index contributed by atoms with van der Waals surface area (Å²) in [5.41, 5.74) is 4.99. The Bertz CT molecular complexity index is 307. The van der Waals surface area contributed by atoms with Crippen molar-refractivity contribution < 1.29 is 0 Å². The molecule has 3 nitrogen and oxygen atoms in total. The molecule has 0 saturated carbocycles. The summed E-state index contributed by atoms with van der Waals surface area (Å²) in [5, 5.41) is 0.192. The smallest absolute Gasteiger partial charge is 0.268 e. The van der Waals surface area contributed by atoms with Crippen LogP contribution in [0.2, 0.25) is 10.0 Å². The van der Waals surface area contributed by atoms with Gasteiger partial charge in [0, 0.05) is 6.20 Å². The summed E-state index contributed by atoms with van der Waals surface area (Å²) in [5.74, 6) is 0. The molecule has 0 bridgehead atoms. The monoisotopic (exact) mass is 178 g/mol. The predicted octanol–water partition coefficient (Wildman–Crippen LogP) is 1.26. The molecule has 0 atom stereocenters. The van der Waals surface area contributed by atoms with Crippen molar-refractivity contribution in [3.8, 4) is 0 Å². The highest BCUT2D eigenvalue weighted by molar-refractivity contribution is 6.38. The molecule has 10 heavy (non-hydrogen) atoms. The van der Waals surface area contributed by atoms with Gasteiger partial charge < -0.3 is 10.7 Å². The van der Waals surface area contributed by atoms with Crippen molar-refractivity contribution in [3.63, 3.8) is 0 Å². The average molecular weight is 179 g/mol. The highest BCUT2D eigenvalue weighted by Gasteiger charge is 2.03. The number of H-pyrrole nitrogens is 1. The molecule has 0 aromatic carbocycles. The molecule has 0 amide bonds. The van der Waals surface area contributed by atoms with Crippen molar-refractivity contribution in [2.45, 2.75) is 0 Å². The first-order chi connectivity index (χ1) is 4.63. The molecule has 1 heterocycles. The fraction of sp³-hybridized carbons (Fsp3) is 0. The molecule has 0 aliphatic rings. The Morgan fingerprint density at radius 2 is 2.10 bits per heavy atom. The summed E-state index contributed by atoms with van der Waals surface area (Å²) in [6.07, 6.45) is 1.30. The summed E-state index contributed by atoms with van der Waals surface area (Å²) in [6, 6.07) is 0. The number of hydrogen-bond donors (Lipinski definition) is 2. The highest BCUT2D eigenvalue weighted by Crippen LogP contribution is 2.21. The van der Waals surface area contributed by atoms with E-state index >= 15 is 0 Å². The Balaban J connectivity index is 3.49. The zero-order chi connectivity index (χ0) is 7.72. The van der Waals surface area contributed by atoms with Crippen molar-refractivity contribution in [1.82, 2.24) is 4.98 Å². The number of aromatic nitrogens is 1. The van der Waals surface area contributed by atoms with Crippen LogP contribution < -0.4 is 11.3 Å². The minimum atomic E-state index is -0.427. The highest BCUT2D eigenvalue weighted by atomic mass is 35.5. The van der Waals surface area contributed by atoms with E-state index in [2.05, 4.69) is 4.98 Å². The van der Waals surface area contributed by atoms with Gasteiger partial charge in [-0.25, -0.2) is 0 Å². The van der Waals surface area contributed by atoms with E-state index in [1.807, 2.05) is 0 Å².